The Labute approximate surface area is 148 Å². The smallest absolute Gasteiger partial charge is 0.240 e. The molecule has 0 radical (unpaired) electrons. The van der Waals surface area contributed by atoms with Crippen LogP contribution in [0.1, 0.15) is 18.6 Å². The van der Waals surface area contributed by atoms with E-state index in [4.69, 9.17) is 9.26 Å². The summed E-state index contributed by atoms with van der Waals surface area (Å²) in [6.07, 6.45) is 0.301. The predicted octanol–water partition coefficient (Wildman–Crippen LogP) is 1.19. The normalized spacial score (nSPS) is 17.5. The van der Waals surface area contributed by atoms with Gasteiger partial charge in [-0.1, -0.05) is 30.3 Å². The van der Waals surface area contributed by atoms with Gasteiger partial charge in [0.25, 0.3) is 0 Å². The highest BCUT2D eigenvalue weighted by Crippen LogP contribution is 2.10. The number of hydrogen-bond acceptors (Lipinski definition) is 7. The number of aryl methyl sites for hydroxylation is 1. The van der Waals surface area contributed by atoms with E-state index in [0.29, 0.717) is 25.6 Å². The molecular formula is C18H26N4O3. The molecule has 1 aliphatic rings. The zero-order valence-corrected chi connectivity index (χ0v) is 14.7. The van der Waals surface area contributed by atoms with Crippen molar-refractivity contribution in [2.24, 2.45) is 0 Å². The topological polar surface area (TPSA) is 74.9 Å². The lowest BCUT2D eigenvalue weighted by Gasteiger charge is -2.34. The van der Waals surface area contributed by atoms with Crippen LogP contribution in [-0.4, -0.2) is 70.5 Å². The Morgan fingerprint density at radius 2 is 1.88 bits per heavy atom. The summed E-state index contributed by atoms with van der Waals surface area (Å²) in [5.74, 6) is 2.23. The lowest BCUT2D eigenvalue weighted by Crippen LogP contribution is -2.48. The fraction of sp³-hybridized carbons (Fsp3) is 0.556. The summed E-state index contributed by atoms with van der Waals surface area (Å²) >= 11 is 0. The van der Waals surface area contributed by atoms with Gasteiger partial charge in [-0.3, -0.25) is 9.80 Å². The summed E-state index contributed by atoms with van der Waals surface area (Å²) in [4.78, 5) is 8.92. The van der Waals surface area contributed by atoms with E-state index < -0.39 is 6.10 Å². The minimum Gasteiger partial charge on any atom is -0.491 e. The molecule has 1 aromatic carbocycles. The number of aliphatic hydroxyl groups is 1. The first-order chi connectivity index (χ1) is 12.2. The van der Waals surface area contributed by atoms with Gasteiger partial charge in [0.2, 0.25) is 5.89 Å². The highest BCUT2D eigenvalue weighted by molar-refractivity contribution is 5.20. The van der Waals surface area contributed by atoms with Crippen LogP contribution < -0.4 is 4.74 Å². The maximum Gasteiger partial charge on any atom is 0.240 e. The van der Waals surface area contributed by atoms with Crippen LogP contribution in [-0.2, 0) is 13.0 Å². The number of ether oxygens (including phenoxy) is 1. The molecule has 1 aromatic heterocycles. The van der Waals surface area contributed by atoms with Crippen LogP contribution in [0.4, 0.5) is 0 Å². The number of hydrogen-bond donors (Lipinski definition) is 1. The van der Waals surface area contributed by atoms with E-state index in [1.54, 1.807) is 0 Å². The average molecular weight is 346 g/mol. The number of nitrogens with zero attached hydrogens (tertiary/aromatic N) is 4. The monoisotopic (exact) mass is 346 g/mol. The first-order valence-electron chi connectivity index (χ1n) is 8.85. The van der Waals surface area contributed by atoms with Crippen molar-refractivity contribution in [2.45, 2.75) is 26.0 Å². The SMILES string of the molecule is CCc1noc(CN2CCN(CC(O)COc3ccccc3)CC2)n1. The van der Waals surface area contributed by atoms with E-state index in [2.05, 4.69) is 19.9 Å². The van der Waals surface area contributed by atoms with Crippen LogP contribution in [0.15, 0.2) is 34.9 Å². The van der Waals surface area contributed by atoms with Gasteiger partial charge in [-0.15, -0.1) is 0 Å². The number of aromatic nitrogens is 2. The standard InChI is InChI=1S/C18H26N4O3/c1-2-17-19-18(25-20-17)13-22-10-8-21(9-11-22)12-15(23)14-24-16-6-4-3-5-7-16/h3-7,15,23H,2,8-14H2,1H3. The number of para-hydroxylation sites is 1. The van der Waals surface area contributed by atoms with Crippen LogP contribution in [0.5, 0.6) is 5.75 Å². The minimum atomic E-state index is -0.491. The average Bonchev–Trinajstić information content (AvgIpc) is 3.10. The van der Waals surface area contributed by atoms with Crippen molar-refractivity contribution < 1.29 is 14.4 Å². The molecule has 1 fully saturated rings. The Bertz CT molecular complexity index is 626. The fourth-order valence-electron chi connectivity index (χ4n) is 2.88. The second kappa shape index (κ2) is 8.94. The Kier molecular flexibility index (Phi) is 6.38. The molecule has 1 saturated heterocycles. The number of aliphatic hydroxyl groups excluding tert-OH is 1. The van der Waals surface area contributed by atoms with E-state index in [9.17, 15) is 5.11 Å². The molecule has 0 amide bonds. The van der Waals surface area contributed by atoms with Crippen molar-refractivity contribution in [3.63, 3.8) is 0 Å². The Morgan fingerprint density at radius 3 is 2.56 bits per heavy atom. The summed E-state index contributed by atoms with van der Waals surface area (Å²) in [6.45, 7) is 7.33. The van der Waals surface area contributed by atoms with Crippen molar-refractivity contribution in [3.05, 3.63) is 42.0 Å². The molecule has 0 saturated carbocycles. The summed E-state index contributed by atoms with van der Waals surface area (Å²) in [5.41, 5.74) is 0. The molecule has 25 heavy (non-hydrogen) atoms. The number of β-amino-alcohol motifs (C(OH)–C–C–N with tert-alkyl or cyclic N) is 1. The Hall–Kier alpha value is -1.96. The lowest BCUT2D eigenvalue weighted by molar-refractivity contribution is 0.0426. The fourth-order valence-corrected chi connectivity index (χ4v) is 2.88. The minimum absolute atomic E-state index is 0.312. The molecule has 0 spiro atoms. The Morgan fingerprint density at radius 1 is 1.16 bits per heavy atom. The van der Waals surface area contributed by atoms with E-state index in [-0.39, 0.29) is 0 Å². The van der Waals surface area contributed by atoms with Crippen LogP contribution in [0, 0.1) is 0 Å². The van der Waals surface area contributed by atoms with Crippen molar-refractivity contribution in [1.82, 2.24) is 19.9 Å². The summed E-state index contributed by atoms with van der Waals surface area (Å²) in [7, 11) is 0. The highest BCUT2D eigenvalue weighted by Gasteiger charge is 2.21. The summed E-state index contributed by atoms with van der Waals surface area (Å²) in [5, 5.41) is 14.1. The number of rotatable bonds is 8. The van der Waals surface area contributed by atoms with Crippen LogP contribution >= 0.6 is 0 Å². The van der Waals surface area contributed by atoms with Crippen LogP contribution in [0.2, 0.25) is 0 Å². The van der Waals surface area contributed by atoms with Gasteiger partial charge >= 0.3 is 0 Å². The van der Waals surface area contributed by atoms with Gasteiger partial charge in [-0.05, 0) is 12.1 Å². The third kappa shape index (κ3) is 5.52. The van der Waals surface area contributed by atoms with Crippen molar-refractivity contribution in [1.29, 1.82) is 0 Å². The second-order valence-corrected chi connectivity index (χ2v) is 6.31. The third-order valence-corrected chi connectivity index (χ3v) is 4.30. The molecule has 0 aliphatic carbocycles. The van der Waals surface area contributed by atoms with E-state index >= 15 is 0 Å². The molecule has 136 valence electrons. The maximum absolute atomic E-state index is 10.2. The van der Waals surface area contributed by atoms with Crippen molar-refractivity contribution in [3.8, 4) is 5.75 Å². The van der Waals surface area contributed by atoms with Crippen LogP contribution in [0.25, 0.3) is 0 Å². The zero-order chi connectivity index (χ0) is 17.5. The number of piperazine rings is 1. The molecule has 3 rings (SSSR count). The van der Waals surface area contributed by atoms with Gasteiger partial charge in [-0.2, -0.15) is 4.98 Å². The second-order valence-electron chi connectivity index (χ2n) is 6.31. The molecule has 1 atom stereocenters. The Balaban J connectivity index is 1.35. The maximum atomic E-state index is 10.2. The largest absolute Gasteiger partial charge is 0.491 e. The van der Waals surface area contributed by atoms with Crippen molar-refractivity contribution in [2.75, 3.05) is 39.3 Å². The van der Waals surface area contributed by atoms with Gasteiger partial charge < -0.3 is 14.4 Å². The molecule has 7 heteroatoms. The first kappa shape index (κ1) is 17.8. The number of benzene rings is 1. The third-order valence-electron chi connectivity index (χ3n) is 4.30. The van der Waals surface area contributed by atoms with E-state index in [0.717, 1.165) is 44.2 Å². The van der Waals surface area contributed by atoms with Crippen molar-refractivity contribution >= 4 is 0 Å². The van der Waals surface area contributed by atoms with Gasteiger partial charge in [-0.25, -0.2) is 0 Å². The molecule has 1 N–H and O–H groups in total. The summed E-state index contributed by atoms with van der Waals surface area (Å²) < 4.78 is 10.9. The van der Waals surface area contributed by atoms with Gasteiger partial charge in [0, 0.05) is 39.1 Å². The van der Waals surface area contributed by atoms with E-state index in [1.165, 1.54) is 0 Å². The molecule has 1 unspecified atom stereocenters. The van der Waals surface area contributed by atoms with E-state index in [1.807, 2.05) is 37.3 Å². The quantitative estimate of drug-likeness (QED) is 0.769. The predicted molar refractivity (Wildman–Crippen MR) is 93.3 cm³/mol. The first-order valence-corrected chi connectivity index (χ1v) is 8.85. The lowest BCUT2D eigenvalue weighted by atomic mass is 10.2. The molecule has 1 aliphatic heterocycles. The molecule has 2 heterocycles. The van der Waals surface area contributed by atoms with Gasteiger partial charge in [0.05, 0.1) is 6.54 Å². The molecule has 7 nitrogen and oxygen atoms in total. The molecule has 0 bridgehead atoms. The zero-order valence-electron chi connectivity index (χ0n) is 14.7. The summed E-state index contributed by atoms with van der Waals surface area (Å²) in [6, 6.07) is 9.58. The molecule has 2 aromatic rings. The van der Waals surface area contributed by atoms with Gasteiger partial charge in [0.1, 0.15) is 18.5 Å². The van der Waals surface area contributed by atoms with Gasteiger partial charge in [0.15, 0.2) is 5.82 Å². The molecular weight excluding hydrogens is 320 g/mol. The van der Waals surface area contributed by atoms with Crippen LogP contribution in [0.3, 0.4) is 0 Å². The highest BCUT2D eigenvalue weighted by atomic mass is 16.5.